The molecule has 0 bridgehead atoms. The van der Waals surface area contributed by atoms with E-state index < -0.39 is 5.60 Å². The van der Waals surface area contributed by atoms with Crippen LogP contribution in [0.15, 0.2) is 12.5 Å². The summed E-state index contributed by atoms with van der Waals surface area (Å²) in [5.74, 6) is -0.0815. The van der Waals surface area contributed by atoms with Crippen molar-refractivity contribution in [2.75, 3.05) is 19.6 Å². The molecular formula is C8H16N2O2. The summed E-state index contributed by atoms with van der Waals surface area (Å²) < 4.78 is 0. The van der Waals surface area contributed by atoms with Crippen LogP contribution in [-0.2, 0) is 0 Å². The van der Waals surface area contributed by atoms with E-state index in [1.807, 2.05) is 0 Å². The average molecular weight is 172 g/mol. The summed E-state index contributed by atoms with van der Waals surface area (Å²) in [6.45, 7) is 5.33. The molecule has 4 nitrogen and oxygen atoms in total. The maximum absolute atomic E-state index is 9.87. The molecule has 12 heavy (non-hydrogen) atoms. The Morgan fingerprint density at radius 1 is 1.50 bits per heavy atom. The number of rotatable bonds is 3. The molecule has 0 amide bonds. The fourth-order valence-corrected chi connectivity index (χ4v) is 1.34. The van der Waals surface area contributed by atoms with Crippen molar-refractivity contribution in [3.05, 3.63) is 12.5 Å². The van der Waals surface area contributed by atoms with Crippen LogP contribution in [-0.4, -0.2) is 35.4 Å². The second kappa shape index (κ2) is 3.78. The van der Waals surface area contributed by atoms with Crippen LogP contribution in [0.2, 0.25) is 0 Å². The average Bonchev–Trinajstić information content (AvgIpc) is 2.03. The van der Waals surface area contributed by atoms with E-state index in [4.69, 9.17) is 5.11 Å². The number of aliphatic hydroxyl groups excluding tert-OH is 1. The van der Waals surface area contributed by atoms with Gasteiger partial charge in [-0.1, -0.05) is 0 Å². The molecule has 4 N–H and O–H groups in total. The highest BCUT2D eigenvalue weighted by Crippen LogP contribution is 2.16. The number of hydrogen-bond donors (Lipinski definition) is 4. The quantitative estimate of drug-likeness (QED) is 0.442. The van der Waals surface area contributed by atoms with Crippen LogP contribution in [0.3, 0.4) is 0 Å². The van der Waals surface area contributed by atoms with Gasteiger partial charge in [-0.15, -0.1) is 0 Å². The lowest BCUT2D eigenvalue weighted by Gasteiger charge is -2.32. The third-order valence-electron chi connectivity index (χ3n) is 2.16. The first-order chi connectivity index (χ1) is 5.62. The SMILES string of the molecule is C=C(O)NCC1(O)CCNCC1. The minimum atomic E-state index is -0.684. The topological polar surface area (TPSA) is 64.5 Å². The Morgan fingerprint density at radius 2 is 2.08 bits per heavy atom. The molecule has 0 aliphatic carbocycles. The van der Waals surface area contributed by atoms with E-state index >= 15 is 0 Å². The van der Waals surface area contributed by atoms with Crippen LogP contribution in [0.4, 0.5) is 0 Å². The van der Waals surface area contributed by atoms with Crippen LogP contribution in [0.1, 0.15) is 12.8 Å². The van der Waals surface area contributed by atoms with Gasteiger partial charge in [-0.25, -0.2) is 0 Å². The van der Waals surface area contributed by atoms with Gasteiger partial charge >= 0.3 is 0 Å². The van der Waals surface area contributed by atoms with Crippen LogP contribution in [0, 0.1) is 0 Å². The first-order valence-corrected chi connectivity index (χ1v) is 4.17. The predicted molar refractivity (Wildman–Crippen MR) is 46.8 cm³/mol. The van der Waals surface area contributed by atoms with E-state index in [1.54, 1.807) is 0 Å². The van der Waals surface area contributed by atoms with Gasteiger partial charge in [-0.3, -0.25) is 0 Å². The minimum absolute atomic E-state index is 0.0815. The summed E-state index contributed by atoms with van der Waals surface area (Å²) in [7, 11) is 0. The van der Waals surface area contributed by atoms with Crippen LogP contribution >= 0.6 is 0 Å². The molecule has 1 aliphatic heterocycles. The third-order valence-corrected chi connectivity index (χ3v) is 2.16. The second-order valence-electron chi connectivity index (χ2n) is 3.27. The number of piperidine rings is 1. The molecule has 0 atom stereocenters. The van der Waals surface area contributed by atoms with Gasteiger partial charge in [0.1, 0.15) is 0 Å². The molecule has 1 heterocycles. The first kappa shape index (κ1) is 9.35. The third kappa shape index (κ3) is 2.71. The fourth-order valence-electron chi connectivity index (χ4n) is 1.34. The molecule has 4 heteroatoms. The highest BCUT2D eigenvalue weighted by atomic mass is 16.3. The van der Waals surface area contributed by atoms with E-state index in [9.17, 15) is 5.11 Å². The molecule has 0 aromatic rings. The van der Waals surface area contributed by atoms with E-state index in [0.29, 0.717) is 19.4 Å². The zero-order valence-corrected chi connectivity index (χ0v) is 7.14. The molecule has 0 radical (unpaired) electrons. The van der Waals surface area contributed by atoms with E-state index in [1.165, 1.54) is 0 Å². The van der Waals surface area contributed by atoms with Crippen molar-refractivity contribution in [3.63, 3.8) is 0 Å². The fraction of sp³-hybridized carbons (Fsp3) is 0.750. The first-order valence-electron chi connectivity index (χ1n) is 4.17. The Balaban J connectivity index is 2.31. The van der Waals surface area contributed by atoms with Gasteiger partial charge in [-0.05, 0) is 32.5 Å². The molecule has 0 spiro atoms. The monoisotopic (exact) mass is 172 g/mol. The maximum atomic E-state index is 9.87. The van der Waals surface area contributed by atoms with Gasteiger partial charge < -0.3 is 20.8 Å². The lowest BCUT2D eigenvalue weighted by atomic mass is 9.92. The van der Waals surface area contributed by atoms with Crippen LogP contribution < -0.4 is 10.6 Å². The number of nitrogens with one attached hydrogen (secondary N) is 2. The van der Waals surface area contributed by atoms with E-state index in [0.717, 1.165) is 13.1 Å². The summed E-state index contributed by atoms with van der Waals surface area (Å²) >= 11 is 0. The van der Waals surface area contributed by atoms with E-state index in [-0.39, 0.29) is 5.88 Å². The van der Waals surface area contributed by atoms with Gasteiger partial charge in [0.25, 0.3) is 0 Å². The molecule has 1 rings (SSSR count). The second-order valence-corrected chi connectivity index (χ2v) is 3.27. The Hall–Kier alpha value is -0.740. The standard InChI is InChI=1S/C8H16N2O2/c1-7(11)10-6-8(12)2-4-9-5-3-8/h9-12H,1-6H2. The minimum Gasteiger partial charge on any atom is -0.495 e. The zero-order chi connectivity index (χ0) is 9.03. The van der Waals surface area contributed by atoms with Crippen molar-refractivity contribution >= 4 is 0 Å². The molecule has 1 fully saturated rings. The molecule has 1 aliphatic rings. The summed E-state index contributed by atoms with van der Waals surface area (Å²) in [6.07, 6.45) is 1.43. The number of hydrogen-bond acceptors (Lipinski definition) is 4. The zero-order valence-electron chi connectivity index (χ0n) is 7.14. The van der Waals surface area contributed by atoms with Gasteiger partial charge in [0.2, 0.25) is 0 Å². The van der Waals surface area contributed by atoms with Gasteiger partial charge in [0.15, 0.2) is 5.88 Å². The largest absolute Gasteiger partial charge is 0.495 e. The van der Waals surface area contributed by atoms with Crippen molar-refractivity contribution in [1.29, 1.82) is 0 Å². The molecule has 0 saturated carbocycles. The molecule has 0 aromatic heterocycles. The number of aliphatic hydroxyl groups is 2. The van der Waals surface area contributed by atoms with E-state index in [2.05, 4.69) is 17.2 Å². The lowest BCUT2D eigenvalue weighted by Crippen LogP contribution is -2.48. The van der Waals surface area contributed by atoms with Crippen LogP contribution in [0.25, 0.3) is 0 Å². The Morgan fingerprint density at radius 3 is 2.58 bits per heavy atom. The molecule has 0 aromatic carbocycles. The highest BCUT2D eigenvalue weighted by molar-refractivity contribution is 4.89. The van der Waals surface area contributed by atoms with Crippen LogP contribution in [0.5, 0.6) is 0 Å². The predicted octanol–water partition coefficient (Wildman–Crippen LogP) is -0.280. The van der Waals surface area contributed by atoms with Crippen molar-refractivity contribution in [2.45, 2.75) is 18.4 Å². The Bertz CT molecular complexity index is 164. The summed E-state index contributed by atoms with van der Waals surface area (Å²) in [5, 5.41) is 24.4. The molecule has 1 saturated heterocycles. The van der Waals surface area contributed by atoms with Crippen molar-refractivity contribution < 1.29 is 10.2 Å². The molecular weight excluding hydrogens is 156 g/mol. The smallest absolute Gasteiger partial charge is 0.176 e. The Kier molecular flexibility index (Phi) is 2.94. The molecule has 70 valence electrons. The summed E-state index contributed by atoms with van der Waals surface area (Å²) in [5.41, 5.74) is -0.684. The molecule has 0 unspecified atom stereocenters. The summed E-state index contributed by atoms with van der Waals surface area (Å²) in [6, 6.07) is 0. The maximum Gasteiger partial charge on any atom is 0.176 e. The van der Waals surface area contributed by atoms with Crippen molar-refractivity contribution in [1.82, 2.24) is 10.6 Å². The van der Waals surface area contributed by atoms with Gasteiger partial charge in [-0.2, -0.15) is 0 Å². The summed E-state index contributed by atoms with van der Waals surface area (Å²) in [4.78, 5) is 0. The Labute approximate surface area is 72.3 Å². The van der Waals surface area contributed by atoms with Gasteiger partial charge in [0, 0.05) is 6.54 Å². The highest BCUT2D eigenvalue weighted by Gasteiger charge is 2.28. The van der Waals surface area contributed by atoms with Crippen molar-refractivity contribution in [3.8, 4) is 0 Å². The van der Waals surface area contributed by atoms with Gasteiger partial charge in [0.05, 0.1) is 5.60 Å². The normalized spacial score (nSPS) is 21.8. The lowest BCUT2D eigenvalue weighted by molar-refractivity contribution is 0.0107. The van der Waals surface area contributed by atoms with Crippen molar-refractivity contribution in [2.24, 2.45) is 0 Å².